The molecule has 0 saturated carbocycles. The van der Waals surface area contributed by atoms with Crippen LogP contribution in [0.15, 0.2) is 98.1 Å². The van der Waals surface area contributed by atoms with E-state index in [1.54, 1.807) is 0 Å². The third-order valence-electron chi connectivity index (χ3n) is 4.41. The average molecular weight is 340 g/mol. The molecule has 0 fully saturated rings. The second kappa shape index (κ2) is 7.66. The maximum atomic E-state index is 4.20. The Labute approximate surface area is 153 Å². The molecule has 4 aromatic rings. The van der Waals surface area contributed by atoms with Crippen molar-refractivity contribution >= 4 is 11.1 Å². The second-order valence-corrected chi connectivity index (χ2v) is 6.16. The summed E-state index contributed by atoms with van der Waals surface area (Å²) in [6, 6.07) is 21.1. The lowest BCUT2D eigenvalue weighted by Crippen LogP contribution is -2.06. The lowest BCUT2D eigenvalue weighted by molar-refractivity contribution is 0.811. The summed E-state index contributed by atoms with van der Waals surface area (Å²) < 4.78 is 4.22. The average Bonchev–Trinajstić information content (AvgIpc) is 3.40. The lowest BCUT2D eigenvalue weighted by Gasteiger charge is -2.18. The fraction of sp³-hybridized carbons (Fsp3) is 0.0909. The molecule has 2 heterocycles. The molecule has 0 unspecified atom stereocenters. The zero-order chi connectivity index (χ0) is 17.6. The van der Waals surface area contributed by atoms with Gasteiger partial charge in [0, 0.05) is 37.9 Å². The molecule has 0 bridgehead atoms. The fourth-order valence-electron chi connectivity index (χ4n) is 3.13. The number of hydrogen-bond donors (Lipinski definition) is 0. The molecular formula is C22H20N4. The summed E-state index contributed by atoms with van der Waals surface area (Å²) in [6.07, 6.45) is 11.4. The Hall–Kier alpha value is -3.40. The van der Waals surface area contributed by atoms with Crippen molar-refractivity contribution in [1.29, 1.82) is 0 Å². The van der Waals surface area contributed by atoms with Gasteiger partial charge >= 0.3 is 0 Å². The van der Waals surface area contributed by atoms with Crippen LogP contribution in [0.4, 0.5) is 0 Å². The third kappa shape index (κ3) is 3.64. The first-order valence-electron chi connectivity index (χ1n) is 8.64. The van der Waals surface area contributed by atoms with Gasteiger partial charge in [-0.15, -0.1) is 0 Å². The SMILES string of the molecule is c1ccc(/C(Cn2ccnc2)=C(\Cn2ccnc2)c2ccccc2)cc1. The molecule has 4 heteroatoms. The molecule has 0 radical (unpaired) electrons. The van der Waals surface area contributed by atoms with Crippen LogP contribution in [0.3, 0.4) is 0 Å². The molecule has 2 aromatic carbocycles. The maximum Gasteiger partial charge on any atom is 0.0949 e. The van der Waals surface area contributed by atoms with E-state index < -0.39 is 0 Å². The summed E-state index contributed by atoms with van der Waals surface area (Å²) in [6.45, 7) is 1.53. The van der Waals surface area contributed by atoms with Crippen LogP contribution in [0.25, 0.3) is 11.1 Å². The first kappa shape index (κ1) is 16.1. The van der Waals surface area contributed by atoms with E-state index in [2.05, 4.69) is 79.8 Å². The van der Waals surface area contributed by atoms with Crippen molar-refractivity contribution < 1.29 is 0 Å². The highest BCUT2D eigenvalue weighted by Crippen LogP contribution is 2.29. The number of aromatic nitrogens is 4. The van der Waals surface area contributed by atoms with Crippen LogP contribution in [0.5, 0.6) is 0 Å². The Morgan fingerprint density at radius 3 is 1.38 bits per heavy atom. The lowest BCUT2D eigenvalue weighted by atomic mass is 9.94. The molecule has 4 rings (SSSR count). The molecule has 0 aliphatic heterocycles. The molecule has 26 heavy (non-hydrogen) atoms. The van der Waals surface area contributed by atoms with Crippen molar-refractivity contribution in [2.75, 3.05) is 0 Å². The minimum absolute atomic E-state index is 0.767. The Balaban J connectivity index is 1.88. The van der Waals surface area contributed by atoms with E-state index in [1.165, 1.54) is 22.3 Å². The Kier molecular flexibility index (Phi) is 4.74. The van der Waals surface area contributed by atoms with Gasteiger partial charge < -0.3 is 9.13 Å². The molecule has 0 N–H and O–H groups in total. The number of benzene rings is 2. The van der Waals surface area contributed by atoms with Gasteiger partial charge in [-0.3, -0.25) is 0 Å². The largest absolute Gasteiger partial charge is 0.333 e. The van der Waals surface area contributed by atoms with Crippen molar-refractivity contribution in [3.8, 4) is 0 Å². The number of nitrogens with zero attached hydrogens (tertiary/aromatic N) is 4. The van der Waals surface area contributed by atoms with Crippen LogP contribution < -0.4 is 0 Å². The minimum Gasteiger partial charge on any atom is -0.333 e. The summed E-state index contributed by atoms with van der Waals surface area (Å²) in [5, 5.41) is 0. The van der Waals surface area contributed by atoms with Crippen LogP contribution in [0.2, 0.25) is 0 Å². The smallest absolute Gasteiger partial charge is 0.0949 e. The van der Waals surface area contributed by atoms with Crippen LogP contribution >= 0.6 is 0 Å². The van der Waals surface area contributed by atoms with E-state index >= 15 is 0 Å². The molecule has 128 valence electrons. The van der Waals surface area contributed by atoms with E-state index in [0.717, 1.165) is 13.1 Å². The minimum atomic E-state index is 0.767. The van der Waals surface area contributed by atoms with Crippen LogP contribution in [0, 0.1) is 0 Å². The Bertz CT molecular complexity index is 872. The molecule has 0 aliphatic rings. The summed E-state index contributed by atoms with van der Waals surface area (Å²) in [7, 11) is 0. The Morgan fingerprint density at radius 2 is 1.04 bits per heavy atom. The summed E-state index contributed by atoms with van der Waals surface area (Å²) in [4.78, 5) is 8.40. The summed E-state index contributed by atoms with van der Waals surface area (Å²) >= 11 is 0. The highest BCUT2D eigenvalue weighted by Gasteiger charge is 2.13. The van der Waals surface area contributed by atoms with Gasteiger partial charge in [0.1, 0.15) is 0 Å². The fourth-order valence-corrected chi connectivity index (χ4v) is 3.13. The molecule has 0 spiro atoms. The first-order valence-corrected chi connectivity index (χ1v) is 8.64. The monoisotopic (exact) mass is 340 g/mol. The Morgan fingerprint density at radius 1 is 0.615 bits per heavy atom. The van der Waals surface area contributed by atoms with Crippen molar-refractivity contribution in [2.24, 2.45) is 0 Å². The van der Waals surface area contributed by atoms with E-state index in [1.807, 2.05) is 37.4 Å². The van der Waals surface area contributed by atoms with Gasteiger partial charge in [0.15, 0.2) is 0 Å². The highest BCUT2D eigenvalue weighted by atomic mass is 15.0. The van der Waals surface area contributed by atoms with Gasteiger partial charge in [-0.25, -0.2) is 9.97 Å². The second-order valence-electron chi connectivity index (χ2n) is 6.16. The summed E-state index contributed by atoms with van der Waals surface area (Å²) in [5.41, 5.74) is 5.01. The van der Waals surface area contributed by atoms with E-state index in [0.29, 0.717) is 0 Å². The van der Waals surface area contributed by atoms with Gasteiger partial charge in [-0.05, 0) is 22.3 Å². The number of rotatable bonds is 6. The molecule has 0 saturated heterocycles. The van der Waals surface area contributed by atoms with Gasteiger partial charge in [-0.2, -0.15) is 0 Å². The van der Waals surface area contributed by atoms with Gasteiger partial charge in [0.25, 0.3) is 0 Å². The molecule has 0 amide bonds. The zero-order valence-corrected chi connectivity index (χ0v) is 14.4. The maximum absolute atomic E-state index is 4.20. The molecule has 2 aromatic heterocycles. The van der Waals surface area contributed by atoms with Crippen LogP contribution in [0.1, 0.15) is 11.1 Å². The normalized spacial score (nSPS) is 12.0. The number of hydrogen-bond acceptors (Lipinski definition) is 2. The van der Waals surface area contributed by atoms with Crippen LogP contribution in [-0.4, -0.2) is 19.1 Å². The van der Waals surface area contributed by atoms with Gasteiger partial charge in [0.2, 0.25) is 0 Å². The van der Waals surface area contributed by atoms with Crippen molar-refractivity contribution in [2.45, 2.75) is 13.1 Å². The zero-order valence-electron chi connectivity index (χ0n) is 14.4. The van der Waals surface area contributed by atoms with Crippen molar-refractivity contribution in [1.82, 2.24) is 19.1 Å². The predicted octanol–water partition coefficient (Wildman–Crippen LogP) is 4.39. The van der Waals surface area contributed by atoms with Crippen LogP contribution in [-0.2, 0) is 13.1 Å². The molecule has 0 atom stereocenters. The molecule has 0 aliphatic carbocycles. The number of allylic oxidation sites excluding steroid dienone is 2. The number of imidazole rings is 2. The molecule has 4 nitrogen and oxygen atoms in total. The van der Waals surface area contributed by atoms with Gasteiger partial charge in [-0.1, -0.05) is 60.7 Å². The predicted molar refractivity (Wildman–Crippen MR) is 104 cm³/mol. The molecular weight excluding hydrogens is 320 g/mol. The third-order valence-corrected chi connectivity index (χ3v) is 4.41. The summed E-state index contributed by atoms with van der Waals surface area (Å²) in [5.74, 6) is 0. The van der Waals surface area contributed by atoms with Gasteiger partial charge in [0.05, 0.1) is 12.7 Å². The van der Waals surface area contributed by atoms with E-state index in [9.17, 15) is 0 Å². The van der Waals surface area contributed by atoms with Crippen molar-refractivity contribution in [3.05, 3.63) is 109 Å². The van der Waals surface area contributed by atoms with Crippen molar-refractivity contribution in [3.63, 3.8) is 0 Å². The van der Waals surface area contributed by atoms with E-state index in [4.69, 9.17) is 0 Å². The quantitative estimate of drug-likeness (QED) is 0.488. The highest BCUT2D eigenvalue weighted by molar-refractivity contribution is 5.90. The first-order chi connectivity index (χ1) is 12.9. The van der Waals surface area contributed by atoms with E-state index in [-0.39, 0.29) is 0 Å². The topological polar surface area (TPSA) is 35.6 Å². The standard InChI is InChI=1S/C22H20N4/c1-3-7-19(8-4-1)21(15-25-13-11-23-17-25)22(16-26-14-12-24-18-26)20-9-5-2-6-10-20/h1-14,17-18H,15-16H2/b22-21+.